The van der Waals surface area contributed by atoms with Crippen LogP contribution in [-0.4, -0.2) is 68.3 Å². The normalized spacial score (nSPS) is 14.9. The van der Waals surface area contributed by atoms with Gasteiger partial charge in [-0.15, -0.1) is 0 Å². The van der Waals surface area contributed by atoms with E-state index in [2.05, 4.69) is 12.6 Å². The molecule has 0 aliphatic carbocycles. The van der Waals surface area contributed by atoms with Crippen LogP contribution in [0.5, 0.6) is 0 Å². The number of thiol groups is 1. The Morgan fingerprint density at radius 2 is 1.25 bits per heavy atom. The highest BCUT2D eigenvalue weighted by Gasteiger charge is 2.16. The van der Waals surface area contributed by atoms with Gasteiger partial charge in [0.1, 0.15) is 18.1 Å². The van der Waals surface area contributed by atoms with Crippen LogP contribution < -0.4 is 17.2 Å². The molecule has 0 heterocycles. The van der Waals surface area contributed by atoms with Crippen LogP contribution in [-0.2, 0) is 14.4 Å². The molecule has 0 aliphatic rings. The highest BCUT2D eigenvalue weighted by atomic mass is 32.1. The van der Waals surface area contributed by atoms with Gasteiger partial charge in [0.2, 0.25) is 0 Å². The Labute approximate surface area is 146 Å². The maximum absolute atomic E-state index is 10.1. The Morgan fingerprint density at radius 1 is 0.875 bits per heavy atom. The molecule has 10 N–H and O–H groups in total. The summed E-state index contributed by atoms with van der Waals surface area (Å²) in [5, 5.41) is 32.9. The molecule has 0 aliphatic heterocycles. The number of rotatable bonds is 7. The standard InChI is InChI=1S/C6H13NO2.C4H9NO3.C3H7NO2S/c1-4(2)3-5(7)6(8)9;1-2(6)3(5)4(7)8;4-2(1-7)3(5)6/h4-5H,3,7H2,1-2H3,(H,8,9);2-3,6H,5H2,1H3,(H,7,8);2,7H,1,4H2,(H,5,6)/t5-;2-,3+;2-/m010/s1. The lowest BCUT2D eigenvalue weighted by Gasteiger charge is -2.07. The van der Waals surface area contributed by atoms with Crippen LogP contribution >= 0.6 is 12.6 Å². The maximum atomic E-state index is 10.1. The summed E-state index contributed by atoms with van der Waals surface area (Å²) in [6.07, 6.45) is -0.428. The molecule has 10 nitrogen and oxygen atoms in total. The second-order valence-electron chi connectivity index (χ2n) is 5.31. The van der Waals surface area contributed by atoms with Crippen LogP contribution in [0.25, 0.3) is 0 Å². The first-order valence-electron chi connectivity index (χ1n) is 7.01. The largest absolute Gasteiger partial charge is 0.480 e. The van der Waals surface area contributed by atoms with E-state index in [9.17, 15) is 14.4 Å². The highest BCUT2D eigenvalue weighted by Crippen LogP contribution is 2.01. The number of aliphatic hydroxyl groups is 1. The first kappa shape index (κ1) is 27.4. The number of hydrogen-bond acceptors (Lipinski definition) is 8. The molecule has 0 amide bonds. The van der Waals surface area contributed by atoms with Crippen molar-refractivity contribution in [3.05, 3.63) is 0 Å². The first-order valence-corrected chi connectivity index (χ1v) is 7.65. The number of aliphatic hydroxyl groups excluding tert-OH is 1. The van der Waals surface area contributed by atoms with Gasteiger partial charge in [0.25, 0.3) is 0 Å². The fraction of sp³-hybridized carbons (Fsp3) is 0.769. The lowest BCUT2D eigenvalue weighted by Crippen LogP contribution is -2.39. The average molecular weight is 371 g/mol. The van der Waals surface area contributed by atoms with Crippen molar-refractivity contribution in [2.24, 2.45) is 23.1 Å². The molecule has 144 valence electrons. The van der Waals surface area contributed by atoms with Crippen molar-refractivity contribution in [3.63, 3.8) is 0 Å². The predicted octanol–water partition coefficient (Wildman–Crippen LogP) is -1.45. The number of carboxylic acids is 3. The van der Waals surface area contributed by atoms with Gasteiger partial charge in [-0.25, -0.2) is 0 Å². The van der Waals surface area contributed by atoms with Crippen molar-refractivity contribution < 1.29 is 34.8 Å². The molecule has 0 rings (SSSR count). The smallest absolute Gasteiger partial charge is 0.323 e. The van der Waals surface area contributed by atoms with E-state index in [1.807, 2.05) is 13.8 Å². The third kappa shape index (κ3) is 18.6. The maximum Gasteiger partial charge on any atom is 0.323 e. The van der Waals surface area contributed by atoms with Gasteiger partial charge in [0.15, 0.2) is 0 Å². The quantitative estimate of drug-likeness (QED) is 0.244. The van der Waals surface area contributed by atoms with Gasteiger partial charge < -0.3 is 37.6 Å². The van der Waals surface area contributed by atoms with Crippen LogP contribution in [0, 0.1) is 5.92 Å². The molecule has 4 atom stereocenters. The van der Waals surface area contributed by atoms with Gasteiger partial charge in [-0.3, -0.25) is 14.4 Å². The van der Waals surface area contributed by atoms with Gasteiger partial charge >= 0.3 is 17.9 Å². The molecule has 0 saturated carbocycles. The number of nitrogens with two attached hydrogens (primary N) is 3. The number of aliphatic carboxylic acids is 3. The minimum Gasteiger partial charge on any atom is -0.480 e. The molecular formula is C13H29N3O7S. The van der Waals surface area contributed by atoms with Crippen molar-refractivity contribution in [1.29, 1.82) is 0 Å². The topological polar surface area (TPSA) is 210 Å². The zero-order valence-corrected chi connectivity index (χ0v) is 14.9. The highest BCUT2D eigenvalue weighted by molar-refractivity contribution is 7.80. The molecule has 24 heavy (non-hydrogen) atoms. The summed E-state index contributed by atoms with van der Waals surface area (Å²) in [4.78, 5) is 29.7. The number of carboxylic acid groups (broad SMARTS) is 3. The van der Waals surface area contributed by atoms with Crippen LogP contribution in [0.4, 0.5) is 0 Å². The molecule has 0 aromatic carbocycles. The predicted molar refractivity (Wildman–Crippen MR) is 91.8 cm³/mol. The zero-order chi connectivity index (χ0) is 20.0. The van der Waals surface area contributed by atoms with Crippen LogP contribution in [0.3, 0.4) is 0 Å². The molecular weight excluding hydrogens is 342 g/mol. The summed E-state index contributed by atoms with van der Waals surface area (Å²) < 4.78 is 0. The van der Waals surface area contributed by atoms with E-state index < -0.39 is 42.1 Å². The van der Waals surface area contributed by atoms with Crippen molar-refractivity contribution in [2.75, 3.05) is 5.75 Å². The summed E-state index contributed by atoms with van der Waals surface area (Å²) in [5.74, 6) is -2.55. The molecule has 0 bridgehead atoms. The third-order valence-corrected chi connectivity index (χ3v) is 2.75. The van der Waals surface area contributed by atoms with Gasteiger partial charge in [0, 0.05) is 5.75 Å². The lowest BCUT2D eigenvalue weighted by atomic mass is 10.1. The molecule has 0 spiro atoms. The van der Waals surface area contributed by atoms with E-state index in [4.69, 9.17) is 37.6 Å². The van der Waals surface area contributed by atoms with E-state index in [0.29, 0.717) is 12.3 Å². The zero-order valence-electron chi connectivity index (χ0n) is 14.0. The second-order valence-corrected chi connectivity index (χ2v) is 5.67. The summed E-state index contributed by atoms with van der Waals surface area (Å²) in [6.45, 7) is 5.23. The van der Waals surface area contributed by atoms with Crippen LogP contribution in [0.15, 0.2) is 0 Å². The van der Waals surface area contributed by atoms with Gasteiger partial charge in [-0.2, -0.15) is 12.6 Å². The Morgan fingerprint density at radius 3 is 1.29 bits per heavy atom. The van der Waals surface area contributed by atoms with Crippen molar-refractivity contribution in [2.45, 2.75) is 51.4 Å². The number of hydrogen-bond donors (Lipinski definition) is 8. The monoisotopic (exact) mass is 371 g/mol. The molecule has 0 fully saturated rings. The van der Waals surface area contributed by atoms with Gasteiger partial charge in [0.05, 0.1) is 6.10 Å². The fourth-order valence-electron chi connectivity index (χ4n) is 0.893. The molecule has 11 heteroatoms. The van der Waals surface area contributed by atoms with E-state index in [0.717, 1.165) is 0 Å². The molecule has 0 unspecified atom stereocenters. The number of carbonyl (C=O) groups is 3. The Balaban J connectivity index is -0.000000278. The van der Waals surface area contributed by atoms with Crippen molar-refractivity contribution >= 4 is 30.5 Å². The third-order valence-electron chi connectivity index (χ3n) is 2.36. The van der Waals surface area contributed by atoms with Crippen molar-refractivity contribution in [1.82, 2.24) is 0 Å². The minimum atomic E-state index is -1.18. The Hall–Kier alpha value is -1.40. The van der Waals surface area contributed by atoms with Gasteiger partial charge in [-0.1, -0.05) is 13.8 Å². The van der Waals surface area contributed by atoms with E-state index in [1.54, 1.807) is 0 Å². The summed E-state index contributed by atoms with van der Waals surface area (Å²) in [7, 11) is 0. The van der Waals surface area contributed by atoms with Crippen molar-refractivity contribution in [3.8, 4) is 0 Å². The first-order chi connectivity index (χ1) is 10.8. The minimum absolute atomic E-state index is 0.190. The van der Waals surface area contributed by atoms with Crippen LogP contribution in [0.2, 0.25) is 0 Å². The average Bonchev–Trinajstić information content (AvgIpc) is 2.45. The Bertz CT molecular complexity index is 381. The Kier molecular flexibility index (Phi) is 17.3. The summed E-state index contributed by atoms with van der Waals surface area (Å²) in [6, 6.07) is -2.66. The summed E-state index contributed by atoms with van der Waals surface area (Å²) >= 11 is 3.65. The fourth-order valence-corrected chi connectivity index (χ4v) is 1.05. The molecule has 0 aromatic heterocycles. The molecule has 0 saturated heterocycles. The van der Waals surface area contributed by atoms with E-state index >= 15 is 0 Å². The SMILES string of the molecule is CC(C)C[C@H](N)C(=O)O.C[C@@H](O)[C@H](N)C(=O)O.N[C@@H](CS)C(=O)O. The summed E-state index contributed by atoms with van der Waals surface area (Å²) in [5.41, 5.74) is 15.1. The molecule has 0 radical (unpaired) electrons. The van der Waals surface area contributed by atoms with E-state index in [-0.39, 0.29) is 5.75 Å². The molecule has 0 aromatic rings. The second kappa shape index (κ2) is 15.1. The van der Waals surface area contributed by atoms with Gasteiger partial charge in [-0.05, 0) is 19.3 Å². The van der Waals surface area contributed by atoms with Crippen LogP contribution in [0.1, 0.15) is 27.2 Å². The lowest BCUT2D eigenvalue weighted by molar-refractivity contribution is -0.141. The van der Waals surface area contributed by atoms with E-state index in [1.165, 1.54) is 6.92 Å².